The minimum atomic E-state index is -3.83. The zero-order valence-corrected chi connectivity index (χ0v) is 22.0. The maximum Gasteiger partial charge on any atom is 0.240 e. The lowest BCUT2D eigenvalue weighted by Crippen LogP contribution is -2.39. The van der Waals surface area contributed by atoms with Crippen LogP contribution in [0.4, 0.5) is 11.5 Å². The number of fused-ring (bicyclic) bond motifs is 1. The minimum Gasteiger partial charge on any atom is -0.395 e. The topological polar surface area (TPSA) is 109 Å². The Morgan fingerprint density at radius 2 is 1.62 bits per heavy atom. The van der Waals surface area contributed by atoms with E-state index in [2.05, 4.69) is 31.1 Å². The van der Waals surface area contributed by atoms with Gasteiger partial charge in [0.1, 0.15) is 5.82 Å². The van der Waals surface area contributed by atoms with Gasteiger partial charge in [0, 0.05) is 23.4 Å². The Bertz CT molecular complexity index is 1610. The summed E-state index contributed by atoms with van der Waals surface area (Å²) in [5.41, 5.74) is 4.00. The zero-order chi connectivity index (χ0) is 25.8. The highest BCUT2D eigenvalue weighted by molar-refractivity contribution is 9.10. The average molecular weight is 578 g/mol. The monoisotopic (exact) mass is 577 g/mol. The van der Waals surface area contributed by atoms with E-state index >= 15 is 0 Å². The first kappa shape index (κ1) is 25.1. The van der Waals surface area contributed by atoms with E-state index in [0.29, 0.717) is 23.6 Å². The molecule has 188 valence electrons. The van der Waals surface area contributed by atoms with Crippen LogP contribution in [-0.4, -0.2) is 40.8 Å². The third-order valence-electron chi connectivity index (χ3n) is 5.80. The molecule has 1 atom stereocenters. The normalized spacial score (nSPS) is 12.5. The summed E-state index contributed by atoms with van der Waals surface area (Å²) in [6.07, 6.45) is 2.06. The van der Waals surface area contributed by atoms with Gasteiger partial charge in [-0.2, -0.15) is 9.61 Å². The number of rotatable bonds is 9. The molecule has 0 bridgehead atoms. The molecule has 0 aliphatic carbocycles. The van der Waals surface area contributed by atoms with E-state index in [1.165, 1.54) is 12.1 Å². The van der Waals surface area contributed by atoms with E-state index in [4.69, 9.17) is 4.98 Å². The predicted octanol–water partition coefficient (Wildman–Crippen LogP) is 4.78. The van der Waals surface area contributed by atoms with Crippen molar-refractivity contribution in [3.05, 3.63) is 107 Å². The SMILES string of the molecule is O=S(=O)(N[C@H](CO)Cc1ccccc1)c1ccc(Nc2cc(-c3ccccc3)nc3c(Br)cnn23)cc1. The number of benzene rings is 3. The fraction of sp³-hybridized carbons (Fsp3) is 0.111. The first-order valence-electron chi connectivity index (χ1n) is 11.6. The van der Waals surface area contributed by atoms with Crippen LogP contribution in [0.5, 0.6) is 0 Å². The lowest BCUT2D eigenvalue weighted by atomic mass is 10.1. The Labute approximate surface area is 223 Å². The zero-order valence-electron chi connectivity index (χ0n) is 19.6. The number of aliphatic hydroxyl groups is 1. The first-order chi connectivity index (χ1) is 17.9. The van der Waals surface area contributed by atoms with E-state index in [-0.39, 0.29) is 11.5 Å². The van der Waals surface area contributed by atoms with Crippen LogP contribution in [0.2, 0.25) is 0 Å². The van der Waals surface area contributed by atoms with E-state index < -0.39 is 16.1 Å². The smallest absolute Gasteiger partial charge is 0.240 e. The molecule has 0 unspecified atom stereocenters. The molecule has 0 amide bonds. The second kappa shape index (κ2) is 10.8. The number of nitrogens with zero attached hydrogens (tertiary/aromatic N) is 3. The van der Waals surface area contributed by atoms with Gasteiger partial charge < -0.3 is 10.4 Å². The number of sulfonamides is 1. The summed E-state index contributed by atoms with van der Waals surface area (Å²) in [6.45, 7) is -0.311. The average Bonchev–Trinajstić information content (AvgIpc) is 3.30. The summed E-state index contributed by atoms with van der Waals surface area (Å²) in [6, 6.07) is 26.9. The van der Waals surface area contributed by atoms with Gasteiger partial charge in [0.2, 0.25) is 10.0 Å². The summed E-state index contributed by atoms with van der Waals surface area (Å²) < 4.78 is 31.0. The minimum absolute atomic E-state index is 0.108. The fourth-order valence-electron chi connectivity index (χ4n) is 3.98. The molecule has 0 aliphatic rings. The Hall–Kier alpha value is -3.57. The van der Waals surface area contributed by atoms with E-state index in [1.807, 2.05) is 66.7 Å². The van der Waals surface area contributed by atoms with Gasteiger partial charge in [-0.05, 0) is 52.2 Å². The highest BCUT2D eigenvalue weighted by Gasteiger charge is 2.20. The maximum atomic E-state index is 13.0. The van der Waals surface area contributed by atoms with Crippen molar-refractivity contribution in [2.45, 2.75) is 17.4 Å². The summed E-state index contributed by atoms with van der Waals surface area (Å²) in [5, 5.41) is 17.5. The molecule has 0 aliphatic heterocycles. The second-order valence-corrected chi connectivity index (χ2v) is 11.0. The number of halogens is 1. The van der Waals surface area contributed by atoms with Crippen LogP contribution < -0.4 is 10.0 Å². The van der Waals surface area contributed by atoms with Crippen molar-refractivity contribution in [1.82, 2.24) is 19.3 Å². The van der Waals surface area contributed by atoms with E-state index in [0.717, 1.165) is 21.3 Å². The van der Waals surface area contributed by atoms with Gasteiger partial charge >= 0.3 is 0 Å². The summed E-state index contributed by atoms with van der Waals surface area (Å²) >= 11 is 3.51. The van der Waals surface area contributed by atoms with Crippen LogP contribution in [0, 0.1) is 0 Å². The molecule has 2 aromatic heterocycles. The Morgan fingerprint density at radius 3 is 2.30 bits per heavy atom. The predicted molar refractivity (Wildman–Crippen MR) is 147 cm³/mol. The van der Waals surface area contributed by atoms with E-state index in [9.17, 15) is 13.5 Å². The summed E-state index contributed by atoms with van der Waals surface area (Å²) in [7, 11) is -3.83. The lowest BCUT2D eigenvalue weighted by molar-refractivity contribution is 0.256. The van der Waals surface area contributed by atoms with Crippen LogP contribution in [0.15, 0.2) is 107 Å². The highest BCUT2D eigenvalue weighted by Crippen LogP contribution is 2.28. The van der Waals surface area contributed by atoms with Gasteiger partial charge in [-0.15, -0.1) is 0 Å². The Balaban J connectivity index is 1.37. The number of aromatic nitrogens is 3. The molecule has 0 fully saturated rings. The molecule has 5 aromatic rings. The molecule has 0 saturated heterocycles. The van der Waals surface area contributed by atoms with Gasteiger partial charge in [-0.1, -0.05) is 60.7 Å². The van der Waals surface area contributed by atoms with Crippen molar-refractivity contribution in [2.24, 2.45) is 0 Å². The molecular weight excluding hydrogens is 554 g/mol. The number of anilines is 2. The third-order valence-corrected chi connectivity index (χ3v) is 7.90. The van der Waals surface area contributed by atoms with Crippen LogP contribution in [0.25, 0.3) is 16.9 Å². The van der Waals surface area contributed by atoms with Crippen LogP contribution in [-0.2, 0) is 16.4 Å². The number of hydrogen-bond donors (Lipinski definition) is 3. The Morgan fingerprint density at radius 1 is 0.946 bits per heavy atom. The fourth-order valence-corrected chi connectivity index (χ4v) is 5.55. The van der Waals surface area contributed by atoms with Crippen molar-refractivity contribution in [2.75, 3.05) is 11.9 Å². The molecule has 5 rings (SSSR count). The molecule has 0 spiro atoms. The molecule has 0 radical (unpaired) electrons. The van der Waals surface area contributed by atoms with Crippen molar-refractivity contribution in [3.8, 4) is 11.3 Å². The van der Waals surface area contributed by atoms with Gasteiger partial charge in [0.15, 0.2) is 5.65 Å². The van der Waals surface area contributed by atoms with Crippen molar-refractivity contribution < 1.29 is 13.5 Å². The van der Waals surface area contributed by atoms with E-state index in [1.54, 1.807) is 22.8 Å². The summed E-state index contributed by atoms with van der Waals surface area (Å²) in [5.74, 6) is 0.673. The number of hydrogen-bond acceptors (Lipinski definition) is 6. The van der Waals surface area contributed by atoms with Gasteiger partial charge in [-0.25, -0.2) is 18.1 Å². The van der Waals surface area contributed by atoms with Gasteiger partial charge in [0.05, 0.1) is 27.9 Å². The molecule has 10 heteroatoms. The second-order valence-electron chi connectivity index (χ2n) is 8.46. The van der Waals surface area contributed by atoms with Crippen molar-refractivity contribution in [1.29, 1.82) is 0 Å². The lowest BCUT2D eigenvalue weighted by Gasteiger charge is -2.17. The maximum absolute atomic E-state index is 13.0. The number of nitrogens with one attached hydrogen (secondary N) is 2. The summed E-state index contributed by atoms with van der Waals surface area (Å²) in [4.78, 5) is 4.83. The first-order valence-corrected chi connectivity index (χ1v) is 13.8. The van der Waals surface area contributed by atoms with Gasteiger partial charge in [-0.3, -0.25) is 0 Å². The Kier molecular flexibility index (Phi) is 7.33. The van der Waals surface area contributed by atoms with Crippen LogP contribution >= 0.6 is 15.9 Å². The molecule has 2 heterocycles. The van der Waals surface area contributed by atoms with Crippen molar-refractivity contribution >= 4 is 43.1 Å². The van der Waals surface area contributed by atoms with Crippen LogP contribution in [0.3, 0.4) is 0 Å². The molecule has 3 N–H and O–H groups in total. The van der Waals surface area contributed by atoms with Gasteiger partial charge in [0.25, 0.3) is 0 Å². The molecular formula is C27H24BrN5O3S. The highest BCUT2D eigenvalue weighted by atomic mass is 79.9. The molecule has 8 nitrogen and oxygen atoms in total. The third kappa shape index (κ3) is 5.72. The molecule has 0 saturated carbocycles. The standard InChI is InChI=1S/C27H24BrN5O3S/c28-24-17-29-33-26(16-25(31-27(24)33)20-9-5-2-6-10-20)30-21-11-13-23(14-12-21)37(35,36)32-22(18-34)15-19-7-3-1-4-8-19/h1-14,16-17,22,30,32,34H,15,18H2/t22-/m0/s1. The van der Waals surface area contributed by atoms with Crippen molar-refractivity contribution in [3.63, 3.8) is 0 Å². The largest absolute Gasteiger partial charge is 0.395 e. The number of aliphatic hydroxyl groups excluding tert-OH is 1. The molecule has 3 aromatic carbocycles. The molecule has 37 heavy (non-hydrogen) atoms. The quantitative estimate of drug-likeness (QED) is 0.232. The van der Waals surface area contributed by atoms with Crippen LogP contribution in [0.1, 0.15) is 5.56 Å².